The Morgan fingerprint density at radius 2 is 2.00 bits per heavy atom. The maximum absolute atomic E-state index is 9.70. The van der Waals surface area contributed by atoms with Gasteiger partial charge >= 0.3 is 0 Å². The lowest BCUT2D eigenvalue weighted by molar-refractivity contribution is 0.198. The van der Waals surface area contributed by atoms with E-state index in [1.54, 1.807) is 12.4 Å². The fraction of sp³-hybridized carbons (Fsp3) is 0.333. The molecule has 0 unspecified atom stereocenters. The first kappa shape index (κ1) is 16.6. The predicted molar refractivity (Wildman–Crippen MR) is 96.4 cm³/mol. The number of aliphatic hydroxyl groups is 1. The summed E-state index contributed by atoms with van der Waals surface area (Å²) < 4.78 is 5.79. The Balaban J connectivity index is 1.56. The standard InChI is InChI=1S/C18H20N6O2/c1-19-8-12-2-4-13(5-3-12)17-22-23-18(26-17)15-9-20-10-16(21-15)24-7-6-14(25)11-24/h2-5,9-10,14,19,25H,6-8,11H2,1H3/t14-/m1/s1. The Morgan fingerprint density at radius 3 is 2.73 bits per heavy atom. The molecule has 0 amide bonds. The molecule has 2 aromatic heterocycles. The molecule has 4 rings (SSSR count). The molecule has 0 radical (unpaired) electrons. The molecule has 1 atom stereocenters. The van der Waals surface area contributed by atoms with Crippen molar-refractivity contribution in [2.45, 2.75) is 19.1 Å². The zero-order chi connectivity index (χ0) is 17.9. The van der Waals surface area contributed by atoms with Crippen LogP contribution in [0, 0.1) is 0 Å². The average Bonchev–Trinajstić information content (AvgIpc) is 3.32. The number of β-amino-alcohol motifs (C(OH)–C–C–N with tert-alkyl or cyclic N) is 1. The van der Waals surface area contributed by atoms with Gasteiger partial charge in [-0.2, -0.15) is 0 Å². The molecule has 8 nitrogen and oxygen atoms in total. The minimum Gasteiger partial charge on any atom is -0.415 e. The summed E-state index contributed by atoms with van der Waals surface area (Å²) in [7, 11) is 1.91. The Morgan fingerprint density at radius 1 is 1.19 bits per heavy atom. The van der Waals surface area contributed by atoms with Gasteiger partial charge in [0.1, 0.15) is 11.5 Å². The third-order valence-electron chi connectivity index (χ3n) is 4.34. The molecule has 8 heteroatoms. The van der Waals surface area contributed by atoms with E-state index in [9.17, 15) is 5.11 Å². The Hall–Kier alpha value is -2.84. The van der Waals surface area contributed by atoms with Crippen LogP contribution in [0.5, 0.6) is 0 Å². The summed E-state index contributed by atoms with van der Waals surface area (Å²) in [4.78, 5) is 10.8. The molecule has 1 fully saturated rings. The lowest BCUT2D eigenvalue weighted by Crippen LogP contribution is -2.22. The van der Waals surface area contributed by atoms with Gasteiger partial charge in [0.2, 0.25) is 5.89 Å². The number of hydrogen-bond donors (Lipinski definition) is 2. The van der Waals surface area contributed by atoms with Crippen molar-refractivity contribution < 1.29 is 9.52 Å². The van der Waals surface area contributed by atoms with Gasteiger partial charge < -0.3 is 19.7 Å². The summed E-state index contributed by atoms with van der Waals surface area (Å²) in [5.41, 5.74) is 2.56. The van der Waals surface area contributed by atoms with Crippen molar-refractivity contribution in [2.24, 2.45) is 0 Å². The molecular weight excluding hydrogens is 332 g/mol. The largest absolute Gasteiger partial charge is 0.415 e. The van der Waals surface area contributed by atoms with Crippen LogP contribution in [0.1, 0.15) is 12.0 Å². The topological polar surface area (TPSA) is 100 Å². The smallest absolute Gasteiger partial charge is 0.268 e. The van der Waals surface area contributed by atoms with Crippen molar-refractivity contribution in [2.75, 3.05) is 25.0 Å². The first-order valence-electron chi connectivity index (χ1n) is 8.56. The van der Waals surface area contributed by atoms with E-state index in [-0.39, 0.29) is 6.10 Å². The van der Waals surface area contributed by atoms with Crippen LogP contribution in [0.3, 0.4) is 0 Å². The fourth-order valence-electron chi connectivity index (χ4n) is 2.97. The highest BCUT2D eigenvalue weighted by Crippen LogP contribution is 2.25. The molecule has 1 saturated heterocycles. The van der Waals surface area contributed by atoms with Crippen molar-refractivity contribution in [1.82, 2.24) is 25.5 Å². The van der Waals surface area contributed by atoms with Gasteiger partial charge in [-0.25, -0.2) is 4.98 Å². The molecule has 1 aliphatic rings. The van der Waals surface area contributed by atoms with E-state index in [2.05, 4.69) is 25.5 Å². The molecule has 1 aliphatic heterocycles. The van der Waals surface area contributed by atoms with Gasteiger partial charge in [-0.05, 0) is 31.2 Å². The second-order valence-corrected chi connectivity index (χ2v) is 6.29. The van der Waals surface area contributed by atoms with Gasteiger partial charge in [-0.15, -0.1) is 10.2 Å². The first-order chi connectivity index (χ1) is 12.7. The molecule has 134 valence electrons. The van der Waals surface area contributed by atoms with E-state index in [1.807, 2.05) is 36.2 Å². The zero-order valence-electron chi connectivity index (χ0n) is 14.5. The highest BCUT2D eigenvalue weighted by atomic mass is 16.4. The summed E-state index contributed by atoms with van der Waals surface area (Å²) in [6.45, 7) is 2.13. The van der Waals surface area contributed by atoms with E-state index >= 15 is 0 Å². The van der Waals surface area contributed by atoms with Gasteiger partial charge in [0.15, 0.2) is 0 Å². The van der Waals surface area contributed by atoms with Crippen LogP contribution in [0.2, 0.25) is 0 Å². The van der Waals surface area contributed by atoms with Gasteiger partial charge in [-0.3, -0.25) is 4.98 Å². The molecule has 2 N–H and O–H groups in total. The van der Waals surface area contributed by atoms with E-state index in [4.69, 9.17) is 4.42 Å². The molecule has 3 aromatic rings. The zero-order valence-corrected chi connectivity index (χ0v) is 14.5. The number of aromatic nitrogens is 4. The van der Waals surface area contributed by atoms with Crippen molar-refractivity contribution in [1.29, 1.82) is 0 Å². The van der Waals surface area contributed by atoms with Crippen LogP contribution < -0.4 is 10.2 Å². The number of hydrogen-bond acceptors (Lipinski definition) is 8. The number of nitrogens with zero attached hydrogens (tertiary/aromatic N) is 5. The Kier molecular flexibility index (Phi) is 4.59. The van der Waals surface area contributed by atoms with Crippen LogP contribution >= 0.6 is 0 Å². The molecule has 0 saturated carbocycles. The molecule has 0 spiro atoms. The van der Waals surface area contributed by atoms with Gasteiger partial charge in [0, 0.05) is 25.2 Å². The molecule has 0 bridgehead atoms. The van der Waals surface area contributed by atoms with Gasteiger partial charge in [0.05, 0.1) is 18.5 Å². The van der Waals surface area contributed by atoms with E-state index in [0.717, 1.165) is 25.1 Å². The summed E-state index contributed by atoms with van der Waals surface area (Å²) >= 11 is 0. The predicted octanol–water partition coefficient (Wildman–Crippen LogP) is 1.48. The van der Waals surface area contributed by atoms with Crippen LogP contribution in [0.4, 0.5) is 5.82 Å². The number of aliphatic hydroxyl groups excluding tert-OH is 1. The molecule has 26 heavy (non-hydrogen) atoms. The summed E-state index contributed by atoms with van der Waals surface area (Å²) in [5, 5.41) is 21.0. The maximum Gasteiger partial charge on any atom is 0.268 e. The van der Waals surface area contributed by atoms with E-state index in [0.29, 0.717) is 29.8 Å². The van der Waals surface area contributed by atoms with Crippen LogP contribution in [-0.2, 0) is 6.54 Å². The third-order valence-corrected chi connectivity index (χ3v) is 4.34. The summed E-state index contributed by atoms with van der Waals surface area (Å²) in [6, 6.07) is 7.96. The van der Waals surface area contributed by atoms with Crippen LogP contribution in [0.25, 0.3) is 23.0 Å². The third kappa shape index (κ3) is 3.42. The highest BCUT2D eigenvalue weighted by molar-refractivity contribution is 5.56. The van der Waals surface area contributed by atoms with Crippen LogP contribution in [0.15, 0.2) is 41.1 Å². The minimum atomic E-state index is -0.318. The van der Waals surface area contributed by atoms with Crippen molar-refractivity contribution >= 4 is 5.82 Å². The van der Waals surface area contributed by atoms with Crippen molar-refractivity contribution in [3.05, 3.63) is 42.2 Å². The molecule has 0 aliphatic carbocycles. The van der Waals surface area contributed by atoms with Crippen molar-refractivity contribution in [3.63, 3.8) is 0 Å². The van der Waals surface area contributed by atoms with E-state index < -0.39 is 0 Å². The fourth-order valence-corrected chi connectivity index (χ4v) is 2.97. The minimum absolute atomic E-state index is 0.318. The number of anilines is 1. The molecular formula is C18H20N6O2. The van der Waals surface area contributed by atoms with Crippen molar-refractivity contribution in [3.8, 4) is 23.0 Å². The van der Waals surface area contributed by atoms with E-state index in [1.165, 1.54) is 5.56 Å². The lowest BCUT2D eigenvalue weighted by Gasteiger charge is -2.15. The Bertz CT molecular complexity index is 879. The van der Waals surface area contributed by atoms with Crippen LogP contribution in [-0.4, -0.2) is 51.5 Å². The summed E-state index contributed by atoms with van der Waals surface area (Å²) in [5.74, 6) is 1.48. The monoisotopic (exact) mass is 352 g/mol. The first-order valence-corrected chi connectivity index (χ1v) is 8.56. The number of benzene rings is 1. The SMILES string of the molecule is CNCc1ccc(-c2nnc(-c3cncc(N4CC[C@@H](O)C4)n3)o2)cc1. The molecule has 3 heterocycles. The second-order valence-electron chi connectivity index (χ2n) is 6.29. The van der Waals surface area contributed by atoms with Gasteiger partial charge in [0.25, 0.3) is 5.89 Å². The maximum atomic E-state index is 9.70. The highest BCUT2D eigenvalue weighted by Gasteiger charge is 2.22. The average molecular weight is 352 g/mol. The Labute approximate surface area is 150 Å². The lowest BCUT2D eigenvalue weighted by atomic mass is 10.1. The molecule has 1 aromatic carbocycles. The quantitative estimate of drug-likeness (QED) is 0.712. The number of nitrogens with one attached hydrogen (secondary N) is 1. The summed E-state index contributed by atoms with van der Waals surface area (Å²) in [6.07, 6.45) is 3.70. The normalized spacial score (nSPS) is 17.0. The second kappa shape index (κ2) is 7.19. The van der Waals surface area contributed by atoms with Gasteiger partial charge in [-0.1, -0.05) is 12.1 Å². The number of rotatable bonds is 5.